The van der Waals surface area contributed by atoms with Gasteiger partial charge in [0.15, 0.2) is 5.78 Å². The number of aryl methyl sites for hydroxylation is 2. The Hall–Kier alpha value is -2.47. The lowest BCUT2D eigenvalue weighted by Crippen LogP contribution is -2.23. The van der Waals surface area contributed by atoms with Crippen LogP contribution in [0.25, 0.3) is 4.83 Å². The third-order valence-corrected chi connectivity index (χ3v) is 4.56. The Balaban J connectivity index is 2.36. The van der Waals surface area contributed by atoms with Crippen molar-refractivity contribution >= 4 is 22.0 Å². The summed E-state index contributed by atoms with van der Waals surface area (Å²) in [6.07, 6.45) is 0. The Bertz CT molecular complexity index is 910. The molecule has 0 aliphatic carbocycles. The van der Waals surface area contributed by atoms with Crippen LogP contribution in [-0.2, 0) is 0 Å². The summed E-state index contributed by atoms with van der Waals surface area (Å²) in [5, 5.41) is 12.1. The number of rotatable bonds is 2. The highest BCUT2D eigenvalue weighted by atomic mass is 32.1. The Kier molecular flexibility index (Phi) is 3.10. The average molecular weight is 299 g/mol. The molecule has 6 heteroatoms. The minimum Gasteiger partial charge on any atom is -0.858 e. The first-order valence-corrected chi connectivity index (χ1v) is 7.12. The monoisotopic (exact) mass is 299 g/mol. The van der Waals surface area contributed by atoms with Crippen LogP contribution in [0, 0.1) is 13.8 Å². The quantitative estimate of drug-likeness (QED) is 0.675. The minimum absolute atomic E-state index is 0.0398. The molecule has 0 radical (unpaired) electrons. The lowest BCUT2D eigenvalue weighted by molar-refractivity contribution is -0.275. The number of nitrogens with zero attached hydrogens (tertiary/aromatic N) is 2. The van der Waals surface area contributed by atoms with Crippen molar-refractivity contribution in [2.45, 2.75) is 13.8 Å². The van der Waals surface area contributed by atoms with E-state index in [0.29, 0.717) is 16.1 Å². The third kappa shape index (κ3) is 2.04. The van der Waals surface area contributed by atoms with Gasteiger partial charge in [-0.05, 0) is 13.8 Å². The van der Waals surface area contributed by atoms with Gasteiger partial charge in [0.05, 0.1) is 5.56 Å². The summed E-state index contributed by atoms with van der Waals surface area (Å²) in [7, 11) is 0. The number of aromatic nitrogens is 2. The van der Waals surface area contributed by atoms with Crippen LogP contribution < -0.4 is 10.8 Å². The number of ketones is 1. The number of carbonyl (C=O) groups is 1. The Labute approximate surface area is 124 Å². The molecule has 0 atom stereocenters. The SMILES string of the molecule is Cc1sc2c(C(=O)c3ccccc3)c([O-])nc(=O)n2c1C. The number of fused-ring (bicyclic) bond motifs is 1. The molecule has 0 saturated carbocycles. The van der Waals surface area contributed by atoms with E-state index in [9.17, 15) is 14.7 Å². The van der Waals surface area contributed by atoms with Gasteiger partial charge in [-0.1, -0.05) is 30.3 Å². The van der Waals surface area contributed by atoms with Gasteiger partial charge >= 0.3 is 5.69 Å². The molecule has 3 rings (SSSR count). The molecule has 1 aromatic carbocycles. The zero-order valence-electron chi connectivity index (χ0n) is 11.4. The highest BCUT2D eigenvalue weighted by Crippen LogP contribution is 2.28. The van der Waals surface area contributed by atoms with E-state index in [1.54, 1.807) is 37.3 Å². The molecule has 0 unspecified atom stereocenters. The molecule has 21 heavy (non-hydrogen) atoms. The summed E-state index contributed by atoms with van der Waals surface area (Å²) in [6.45, 7) is 3.61. The lowest BCUT2D eigenvalue weighted by atomic mass is 10.1. The molecule has 0 fully saturated rings. The molecule has 3 aromatic rings. The van der Waals surface area contributed by atoms with Gasteiger partial charge in [0, 0.05) is 22.0 Å². The van der Waals surface area contributed by atoms with Gasteiger partial charge in [0.1, 0.15) is 4.83 Å². The second-order valence-electron chi connectivity index (χ2n) is 4.65. The van der Waals surface area contributed by atoms with Crippen molar-refractivity contribution < 1.29 is 9.90 Å². The van der Waals surface area contributed by atoms with E-state index in [4.69, 9.17) is 0 Å². The van der Waals surface area contributed by atoms with Crippen molar-refractivity contribution in [3.8, 4) is 5.88 Å². The molecule has 0 spiro atoms. The van der Waals surface area contributed by atoms with Gasteiger partial charge in [0.25, 0.3) is 0 Å². The maximum Gasteiger partial charge on any atom is 0.352 e. The van der Waals surface area contributed by atoms with Gasteiger partial charge in [-0.3, -0.25) is 9.20 Å². The van der Waals surface area contributed by atoms with Crippen LogP contribution in [0.4, 0.5) is 0 Å². The molecular formula is C15H11N2O3S-. The van der Waals surface area contributed by atoms with Crippen LogP contribution in [0.3, 0.4) is 0 Å². The largest absolute Gasteiger partial charge is 0.858 e. The number of hydrogen-bond donors (Lipinski definition) is 0. The van der Waals surface area contributed by atoms with Crippen LogP contribution in [0.5, 0.6) is 5.88 Å². The topological polar surface area (TPSA) is 74.5 Å². The van der Waals surface area contributed by atoms with E-state index >= 15 is 0 Å². The van der Waals surface area contributed by atoms with Crippen molar-refractivity contribution in [1.29, 1.82) is 0 Å². The van der Waals surface area contributed by atoms with Crippen molar-refractivity contribution in [3.05, 3.63) is 62.5 Å². The molecule has 2 heterocycles. The highest BCUT2D eigenvalue weighted by Gasteiger charge is 2.19. The smallest absolute Gasteiger partial charge is 0.352 e. The minimum atomic E-state index is -0.768. The summed E-state index contributed by atoms with van der Waals surface area (Å²) in [4.78, 5) is 29.2. The van der Waals surface area contributed by atoms with Crippen molar-refractivity contribution in [2.24, 2.45) is 0 Å². The molecule has 0 saturated heterocycles. The van der Waals surface area contributed by atoms with E-state index in [1.807, 2.05) is 6.92 Å². The van der Waals surface area contributed by atoms with E-state index in [2.05, 4.69) is 4.98 Å². The number of hydrogen-bond acceptors (Lipinski definition) is 5. The number of carbonyl (C=O) groups excluding carboxylic acids is 1. The Morgan fingerprint density at radius 1 is 1.24 bits per heavy atom. The summed E-state index contributed by atoms with van der Waals surface area (Å²) < 4.78 is 1.33. The molecule has 0 N–H and O–H groups in total. The van der Waals surface area contributed by atoms with Crippen molar-refractivity contribution in [3.63, 3.8) is 0 Å². The standard InChI is InChI=1S/C15H12N2O3S/c1-8-9(2)21-14-11(13(19)16-15(20)17(8)14)12(18)10-6-4-3-5-7-10/h3-7H,1-2H3,(H,16,19,20)/p-1. The van der Waals surface area contributed by atoms with Crippen LogP contribution in [0.2, 0.25) is 0 Å². The molecule has 2 aromatic heterocycles. The van der Waals surface area contributed by atoms with Crippen molar-refractivity contribution in [1.82, 2.24) is 9.38 Å². The maximum absolute atomic E-state index is 12.6. The average Bonchev–Trinajstić information content (AvgIpc) is 2.75. The number of benzene rings is 1. The zero-order chi connectivity index (χ0) is 15.1. The van der Waals surface area contributed by atoms with Gasteiger partial charge in [0.2, 0.25) is 0 Å². The predicted octanol–water partition coefficient (Wildman–Crippen LogP) is 1.68. The Morgan fingerprint density at radius 3 is 2.57 bits per heavy atom. The first-order chi connectivity index (χ1) is 10.0. The molecule has 0 aliphatic heterocycles. The van der Waals surface area contributed by atoms with Crippen LogP contribution in [0.15, 0.2) is 35.1 Å². The third-order valence-electron chi connectivity index (χ3n) is 3.38. The van der Waals surface area contributed by atoms with Crippen LogP contribution in [-0.4, -0.2) is 15.2 Å². The normalized spacial score (nSPS) is 11.0. The molecule has 0 bridgehead atoms. The maximum atomic E-state index is 12.6. The fourth-order valence-corrected chi connectivity index (χ4v) is 3.30. The zero-order valence-corrected chi connectivity index (χ0v) is 12.2. The van der Waals surface area contributed by atoms with Gasteiger partial charge in [-0.15, -0.1) is 11.3 Å². The van der Waals surface area contributed by atoms with Gasteiger partial charge in [-0.25, -0.2) is 9.78 Å². The predicted molar refractivity (Wildman–Crippen MR) is 78.1 cm³/mol. The summed E-state index contributed by atoms with van der Waals surface area (Å²) in [5.41, 5.74) is 0.429. The highest BCUT2D eigenvalue weighted by molar-refractivity contribution is 7.18. The fraction of sp³-hybridized carbons (Fsp3) is 0.133. The van der Waals surface area contributed by atoms with Crippen molar-refractivity contribution in [2.75, 3.05) is 0 Å². The fourth-order valence-electron chi connectivity index (χ4n) is 2.18. The Morgan fingerprint density at radius 2 is 1.90 bits per heavy atom. The molecule has 0 amide bonds. The number of thiazole rings is 1. The van der Waals surface area contributed by atoms with Gasteiger partial charge in [-0.2, -0.15) is 0 Å². The van der Waals surface area contributed by atoms with E-state index in [0.717, 1.165) is 4.88 Å². The second-order valence-corrected chi connectivity index (χ2v) is 5.86. The van der Waals surface area contributed by atoms with Crippen LogP contribution in [0.1, 0.15) is 26.5 Å². The van der Waals surface area contributed by atoms with E-state index in [1.165, 1.54) is 15.7 Å². The summed E-state index contributed by atoms with van der Waals surface area (Å²) >= 11 is 1.26. The molecule has 106 valence electrons. The lowest BCUT2D eigenvalue weighted by Gasteiger charge is -2.12. The molecule has 5 nitrogen and oxygen atoms in total. The first kappa shape index (κ1) is 13.5. The van der Waals surface area contributed by atoms with Crippen LogP contribution >= 0.6 is 11.3 Å². The summed E-state index contributed by atoms with van der Waals surface area (Å²) in [5.74, 6) is -1.18. The first-order valence-electron chi connectivity index (χ1n) is 6.30. The second kappa shape index (κ2) is 4.82. The summed E-state index contributed by atoms with van der Waals surface area (Å²) in [6, 6.07) is 8.51. The van der Waals surface area contributed by atoms with E-state index < -0.39 is 17.4 Å². The molecular weight excluding hydrogens is 288 g/mol. The van der Waals surface area contributed by atoms with E-state index in [-0.39, 0.29) is 5.56 Å². The van der Waals surface area contributed by atoms with Gasteiger partial charge < -0.3 is 5.11 Å². The molecule has 0 aliphatic rings.